The minimum absolute atomic E-state index is 0.0424. The van der Waals surface area contributed by atoms with E-state index in [1.165, 1.54) is 37.4 Å². The van der Waals surface area contributed by atoms with Gasteiger partial charge in [0.15, 0.2) is 12.4 Å². The Morgan fingerprint density at radius 1 is 0.978 bits per heavy atom. The van der Waals surface area contributed by atoms with Crippen LogP contribution in [-0.2, 0) is 14.3 Å². The van der Waals surface area contributed by atoms with Crippen molar-refractivity contribution in [1.29, 1.82) is 10.5 Å². The summed E-state index contributed by atoms with van der Waals surface area (Å²) >= 11 is 0.924. The molecule has 1 fully saturated rings. The molecule has 0 radical (unpaired) electrons. The normalized spacial score (nSPS) is 14.0. The first-order valence-corrected chi connectivity index (χ1v) is 14.3. The Morgan fingerprint density at radius 2 is 1.69 bits per heavy atom. The number of nitrogens with zero attached hydrogens (tertiary/aromatic N) is 4. The van der Waals surface area contributed by atoms with E-state index in [-0.39, 0.29) is 39.6 Å². The lowest BCUT2D eigenvalue weighted by molar-refractivity contribution is -0.121. The van der Waals surface area contributed by atoms with E-state index in [4.69, 9.17) is 15.2 Å². The van der Waals surface area contributed by atoms with Gasteiger partial charge in [0.1, 0.15) is 34.3 Å². The lowest BCUT2D eigenvalue weighted by atomic mass is 9.97. The van der Waals surface area contributed by atoms with Crippen LogP contribution in [0.3, 0.4) is 0 Å². The zero-order valence-corrected chi connectivity index (χ0v) is 24.5. The van der Waals surface area contributed by atoms with Crippen molar-refractivity contribution in [2.45, 2.75) is 16.7 Å². The molecule has 11 nitrogen and oxygen atoms in total. The molecular weight excluding hydrogens is 594 g/mol. The molecule has 0 spiro atoms. The first-order valence-electron chi connectivity index (χ1n) is 13.4. The fourth-order valence-electron chi connectivity index (χ4n) is 4.72. The van der Waals surface area contributed by atoms with Crippen molar-refractivity contribution in [3.63, 3.8) is 0 Å². The number of thioether (sulfide) groups is 1. The number of carbonyl (C=O) groups excluding carboxylic acids is 4. The molecular formula is C33H23N5O6S. The van der Waals surface area contributed by atoms with Gasteiger partial charge in [-0.05, 0) is 42.0 Å². The first kappa shape index (κ1) is 30.5. The lowest BCUT2D eigenvalue weighted by Gasteiger charge is -2.16. The molecule has 2 heterocycles. The SMILES string of the molecule is COc1cccc(C(=O)COC(=O)c2ccc(N3C(=O)CC(Sc4nc(N)c(C#N)c(-c5ccccc5)c4C#N)C3=O)cc2)c1. The molecule has 1 aromatic heterocycles. The van der Waals surface area contributed by atoms with Crippen molar-refractivity contribution in [3.05, 3.63) is 101 Å². The smallest absolute Gasteiger partial charge is 0.338 e. The van der Waals surface area contributed by atoms with Crippen LogP contribution in [0.1, 0.15) is 38.3 Å². The number of imide groups is 1. The van der Waals surface area contributed by atoms with Gasteiger partial charge in [-0.2, -0.15) is 10.5 Å². The molecule has 2 N–H and O–H groups in total. The van der Waals surface area contributed by atoms with Crippen LogP contribution in [0.5, 0.6) is 5.75 Å². The van der Waals surface area contributed by atoms with Crippen LogP contribution in [0, 0.1) is 22.7 Å². The topological polar surface area (TPSA) is 176 Å². The summed E-state index contributed by atoms with van der Waals surface area (Å²) in [7, 11) is 1.48. The van der Waals surface area contributed by atoms with Gasteiger partial charge in [-0.15, -0.1) is 0 Å². The minimum Gasteiger partial charge on any atom is -0.497 e. The van der Waals surface area contributed by atoms with Crippen molar-refractivity contribution >= 4 is 46.8 Å². The first-order chi connectivity index (χ1) is 21.7. The number of ether oxygens (including phenoxy) is 2. The third-order valence-corrected chi connectivity index (χ3v) is 8.10. The highest BCUT2D eigenvalue weighted by Gasteiger charge is 2.41. The molecule has 1 saturated heterocycles. The molecule has 2 amide bonds. The third-order valence-electron chi connectivity index (χ3n) is 6.92. The average molecular weight is 618 g/mol. The van der Waals surface area contributed by atoms with Crippen molar-refractivity contribution < 1.29 is 28.7 Å². The molecule has 222 valence electrons. The molecule has 0 aliphatic carbocycles. The van der Waals surface area contributed by atoms with Gasteiger partial charge in [0.2, 0.25) is 11.8 Å². The van der Waals surface area contributed by atoms with E-state index in [0.29, 0.717) is 22.4 Å². The maximum Gasteiger partial charge on any atom is 0.338 e. The Labute approximate surface area is 261 Å². The van der Waals surface area contributed by atoms with Crippen LogP contribution in [-0.4, -0.2) is 47.5 Å². The van der Waals surface area contributed by atoms with Gasteiger partial charge in [-0.3, -0.25) is 14.4 Å². The largest absolute Gasteiger partial charge is 0.497 e. The summed E-state index contributed by atoms with van der Waals surface area (Å²) in [5.41, 5.74) is 7.76. The van der Waals surface area contributed by atoms with Gasteiger partial charge in [-0.1, -0.05) is 54.2 Å². The predicted molar refractivity (Wildman–Crippen MR) is 164 cm³/mol. The summed E-state index contributed by atoms with van der Waals surface area (Å²) in [5.74, 6) is -1.80. The van der Waals surface area contributed by atoms with Gasteiger partial charge < -0.3 is 15.2 Å². The van der Waals surface area contributed by atoms with Crippen molar-refractivity contribution in [2.75, 3.05) is 24.4 Å². The van der Waals surface area contributed by atoms with Gasteiger partial charge in [0.25, 0.3) is 0 Å². The molecule has 5 rings (SSSR count). The van der Waals surface area contributed by atoms with Gasteiger partial charge in [-0.25, -0.2) is 14.7 Å². The number of methoxy groups -OCH3 is 1. The molecule has 0 saturated carbocycles. The van der Waals surface area contributed by atoms with Crippen LogP contribution in [0.15, 0.2) is 83.9 Å². The molecule has 1 atom stereocenters. The number of esters is 1. The zero-order valence-electron chi connectivity index (χ0n) is 23.7. The van der Waals surface area contributed by atoms with E-state index in [1.54, 1.807) is 48.5 Å². The second-order valence-electron chi connectivity index (χ2n) is 9.67. The standard InChI is InChI=1S/C33H23N5O6S/c1-43-23-9-5-8-21(14-23)26(39)18-44-33(42)20-10-12-22(13-11-20)38-28(40)15-27(32(38)41)45-31-25(17-35)29(19-6-3-2-4-7-19)24(16-34)30(36)37-31/h2-14,27H,15,18H2,1H3,(H2,36,37). The third kappa shape index (κ3) is 6.22. The van der Waals surface area contributed by atoms with Crippen LogP contribution < -0.4 is 15.4 Å². The molecule has 1 unspecified atom stereocenters. The highest BCUT2D eigenvalue weighted by atomic mass is 32.2. The van der Waals surface area contributed by atoms with E-state index in [1.807, 2.05) is 6.07 Å². The van der Waals surface area contributed by atoms with Crippen molar-refractivity contribution in [1.82, 2.24) is 4.98 Å². The number of Topliss-reactive ketones (excluding diaryl/α,β-unsaturated/α-hetero) is 1. The van der Waals surface area contributed by atoms with E-state index in [2.05, 4.69) is 11.1 Å². The zero-order chi connectivity index (χ0) is 32.1. The second-order valence-corrected chi connectivity index (χ2v) is 10.9. The number of aromatic nitrogens is 1. The Kier molecular flexibility index (Phi) is 8.89. The number of hydrogen-bond donors (Lipinski definition) is 1. The fourth-order valence-corrected chi connectivity index (χ4v) is 5.84. The summed E-state index contributed by atoms with van der Waals surface area (Å²) in [6.45, 7) is -0.486. The van der Waals surface area contributed by atoms with Gasteiger partial charge in [0, 0.05) is 17.5 Å². The fraction of sp³-hybridized carbons (Fsp3) is 0.121. The van der Waals surface area contributed by atoms with Gasteiger partial charge >= 0.3 is 5.97 Å². The summed E-state index contributed by atoms with van der Waals surface area (Å²) in [5, 5.41) is 19.0. The Hall–Kier alpha value is -5.98. The number of ketones is 1. The number of benzene rings is 3. The average Bonchev–Trinajstić information content (AvgIpc) is 3.35. The predicted octanol–water partition coefficient (Wildman–Crippen LogP) is 4.55. The number of pyridine rings is 1. The number of nitriles is 2. The maximum absolute atomic E-state index is 13.4. The molecule has 0 bridgehead atoms. The molecule has 1 aliphatic heterocycles. The van der Waals surface area contributed by atoms with E-state index < -0.39 is 35.4 Å². The van der Waals surface area contributed by atoms with E-state index in [9.17, 15) is 29.7 Å². The van der Waals surface area contributed by atoms with Crippen LogP contribution in [0.2, 0.25) is 0 Å². The Morgan fingerprint density at radius 3 is 2.36 bits per heavy atom. The van der Waals surface area contributed by atoms with Crippen LogP contribution in [0.25, 0.3) is 11.1 Å². The summed E-state index contributed by atoms with van der Waals surface area (Å²) in [4.78, 5) is 56.6. The number of hydrogen-bond acceptors (Lipinski definition) is 11. The highest BCUT2D eigenvalue weighted by molar-refractivity contribution is 8.00. The summed E-state index contributed by atoms with van der Waals surface area (Å²) < 4.78 is 10.3. The number of amides is 2. The quantitative estimate of drug-likeness (QED) is 0.158. The highest BCUT2D eigenvalue weighted by Crippen LogP contribution is 2.40. The van der Waals surface area contributed by atoms with Crippen molar-refractivity contribution in [2.24, 2.45) is 0 Å². The number of rotatable bonds is 9. The number of nitrogens with two attached hydrogens (primary N) is 1. The summed E-state index contributed by atoms with van der Waals surface area (Å²) in [6, 6.07) is 24.9. The Bertz CT molecular complexity index is 1920. The maximum atomic E-state index is 13.4. The Balaban J connectivity index is 1.30. The molecule has 1 aliphatic rings. The molecule has 3 aromatic carbocycles. The lowest BCUT2D eigenvalue weighted by Crippen LogP contribution is -2.31. The molecule has 12 heteroatoms. The number of nitrogen functional groups attached to an aromatic ring is 1. The number of anilines is 2. The van der Waals surface area contributed by atoms with E-state index >= 15 is 0 Å². The van der Waals surface area contributed by atoms with Crippen LogP contribution >= 0.6 is 11.8 Å². The monoisotopic (exact) mass is 617 g/mol. The molecule has 4 aromatic rings. The number of carbonyl (C=O) groups is 4. The van der Waals surface area contributed by atoms with E-state index in [0.717, 1.165) is 16.7 Å². The molecule has 45 heavy (non-hydrogen) atoms. The second kappa shape index (κ2) is 13.1. The minimum atomic E-state index is -0.916. The van der Waals surface area contributed by atoms with Crippen molar-refractivity contribution in [3.8, 4) is 29.0 Å². The van der Waals surface area contributed by atoms with Gasteiger partial charge in [0.05, 0.1) is 29.2 Å². The summed E-state index contributed by atoms with van der Waals surface area (Å²) in [6.07, 6.45) is -0.174. The van der Waals surface area contributed by atoms with Crippen LogP contribution in [0.4, 0.5) is 11.5 Å².